The molecule has 1 atom stereocenters. The largest absolute Gasteiger partial charge is 0.324 e. The van der Waals surface area contributed by atoms with Gasteiger partial charge in [-0.2, -0.15) is 0 Å². The molecule has 2 aromatic rings. The molecule has 2 rings (SSSR count). The van der Waals surface area contributed by atoms with Gasteiger partial charge in [0.2, 0.25) is 0 Å². The fourth-order valence-corrected chi connectivity index (χ4v) is 2.53. The van der Waals surface area contributed by atoms with E-state index in [9.17, 15) is 0 Å². The number of aryl methyl sites for hydroxylation is 4. The van der Waals surface area contributed by atoms with E-state index in [1.165, 1.54) is 33.4 Å². The van der Waals surface area contributed by atoms with E-state index in [2.05, 4.69) is 64.1 Å². The fourth-order valence-electron chi connectivity index (χ4n) is 2.53. The number of nitrogens with two attached hydrogens (primary N) is 1. The molecular weight excluding hydrogens is 230 g/mol. The van der Waals surface area contributed by atoms with Gasteiger partial charge in [0, 0.05) is 6.04 Å². The highest BCUT2D eigenvalue weighted by atomic mass is 14.6. The molecule has 1 heteroatoms. The van der Waals surface area contributed by atoms with Crippen molar-refractivity contribution < 1.29 is 0 Å². The van der Waals surface area contributed by atoms with Crippen molar-refractivity contribution in [2.24, 2.45) is 5.73 Å². The first kappa shape index (κ1) is 13.8. The Morgan fingerprint density at radius 2 is 1.42 bits per heavy atom. The van der Waals surface area contributed by atoms with Crippen LogP contribution in [0.3, 0.4) is 0 Å². The molecule has 1 nitrogen and oxygen atoms in total. The Kier molecular flexibility index (Phi) is 4.06. The summed E-state index contributed by atoms with van der Waals surface area (Å²) in [6.07, 6.45) is 0.901. The van der Waals surface area contributed by atoms with Crippen molar-refractivity contribution in [3.05, 3.63) is 69.8 Å². The lowest BCUT2D eigenvalue weighted by Crippen LogP contribution is -2.15. The Morgan fingerprint density at radius 1 is 0.842 bits per heavy atom. The SMILES string of the molecule is Cc1ccc(C)c(CC(N)c2cc(C)ccc2C)c1. The molecule has 19 heavy (non-hydrogen) atoms. The monoisotopic (exact) mass is 253 g/mol. The second kappa shape index (κ2) is 5.58. The second-order valence-corrected chi connectivity index (χ2v) is 5.60. The van der Waals surface area contributed by atoms with Crippen LogP contribution in [-0.4, -0.2) is 0 Å². The molecule has 2 aromatic carbocycles. The highest BCUT2D eigenvalue weighted by molar-refractivity contribution is 5.36. The van der Waals surface area contributed by atoms with Gasteiger partial charge in [0.25, 0.3) is 0 Å². The first-order chi connectivity index (χ1) is 8.97. The van der Waals surface area contributed by atoms with Gasteiger partial charge in [-0.15, -0.1) is 0 Å². The normalized spacial score (nSPS) is 12.5. The molecule has 1 unspecified atom stereocenters. The third kappa shape index (κ3) is 3.24. The highest BCUT2D eigenvalue weighted by Crippen LogP contribution is 2.23. The van der Waals surface area contributed by atoms with E-state index >= 15 is 0 Å². The van der Waals surface area contributed by atoms with Crippen LogP contribution >= 0.6 is 0 Å². The van der Waals surface area contributed by atoms with Gasteiger partial charge in [0.1, 0.15) is 0 Å². The number of hydrogen-bond acceptors (Lipinski definition) is 1. The van der Waals surface area contributed by atoms with Crippen LogP contribution in [-0.2, 0) is 6.42 Å². The van der Waals surface area contributed by atoms with Crippen LogP contribution < -0.4 is 5.73 Å². The predicted molar refractivity (Wildman–Crippen MR) is 82.5 cm³/mol. The van der Waals surface area contributed by atoms with Gasteiger partial charge < -0.3 is 5.73 Å². The molecule has 100 valence electrons. The average molecular weight is 253 g/mol. The van der Waals surface area contributed by atoms with Crippen molar-refractivity contribution >= 4 is 0 Å². The third-order valence-corrected chi connectivity index (χ3v) is 3.78. The average Bonchev–Trinajstić information content (AvgIpc) is 2.36. The molecule has 0 aromatic heterocycles. The second-order valence-electron chi connectivity index (χ2n) is 5.60. The van der Waals surface area contributed by atoms with E-state index < -0.39 is 0 Å². The molecule has 0 fully saturated rings. The summed E-state index contributed by atoms with van der Waals surface area (Å²) in [5, 5.41) is 0. The minimum atomic E-state index is 0.0698. The quantitative estimate of drug-likeness (QED) is 0.873. The zero-order chi connectivity index (χ0) is 14.0. The minimum absolute atomic E-state index is 0.0698. The minimum Gasteiger partial charge on any atom is -0.324 e. The summed E-state index contributed by atoms with van der Waals surface area (Å²) >= 11 is 0. The highest BCUT2D eigenvalue weighted by Gasteiger charge is 2.11. The standard InChI is InChI=1S/C18H23N/c1-12-5-7-14(3)16(9-12)11-18(19)17-10-13(2)6-8-15(17)4/h5-10,18H,11,19H2,1-4H3. The molecule has 0 saturated carbocycles. The number of rotatable bonds is 3. The van der Waals surface area contributed by atoms with Gasteiger partial charge in [-0.1, -0.05) is 47.5 Å². The van der Waals surface area contributed by atoms with Crippen LogP contribution in [0.4, 0.5) is 0 Å². The summed E-state index contributed by atoms with van der Waals surface area (Å²) in [5.41, 5.74) is 14.2. The molecule has 0 heterocycles. The summed E-state index contributed by atoms with van der Waals surface area (Å²) in [6.45, 7) is 8.54. The number of hydrogen-bond donors (Lipinski definition) is 1. The first-order valence-corrected chi connectivity index (χ1v) is 6.86. The van der Waals surface area contributed by atoms with Crippen molar-refractivity contribution in [1.82, 2.24) is 0 Å². The van der Waals surface area contributed by atoms with E-state index in [0.717, 1.165) is 6.42 Å². The first-order valence-electron chi connectivity index (χ1n) is 6.86. The van der Waals surface area contributed by atoms with Crippen molar-refractivity contribution in [3.63, 3.8) is 0 Å². The molecule has 0 saturated heterocycles. The summed E-state index contributed by atoms with van der Waals surface area (Å²) in [4.78, 5) is 0. The molecule has 0 amide bonds. The van der Waals surface area contributed by atoms with E-state index in [1.54, 1.807) is 0 Å². The Balaban J connectivity index is 2.27. The van der Waals surface area contributed by atoms with Gasteiger partial charge in [-0.25, -0.2) is 0 Å². The lowest BCUT2D eigenvalue weighted by molar-refractivity contribution is 0.712. The smallest absolute Gasteiger partial charge is 0.0338 e. The molecule has 0 aliphatic heterocycles. The molecule has 0 radical (unpaired) electrons. The van der Waals surface area contributed by atoms with Crippen molar-refractivity contribution in [3.8, 4) is 0 Å². The summed E-state index contributed by atoms with van der Waals surface area (Å²) in [7, 11) is 0. The zero-order valence-corrected chi connectivity index (χ0v) is 12.3. The Labute approximate surface area is 116 Å². The maximum atomic E-state index is 6.42. The Morgan fingerprint density at radius 3 is 2.11 bits per heavy atom. The Hall–Kier alpha value is -1.60. The van der Waals surface area contributed by atoms with Crippen molar-refractivity contribution in [2.45, 2.75) is 40.2 Å². The van der Waals surface area contributed by atoms with E-state index in [4.69, 9.17) is 5.73 Å². The maximum Gasteiger partial charge on any atom is 0.0338 e. The van der Waals surface area contributed by atoms with E-state index in [1.807, 2.05) is 0 Å². The van der Waals surface area contributed by atoms with Crippen LogP contribution in [0.25, 0.3) is 0 Å². The van der Waals surface area contributed by atoms with Crippen LogP contribution in [0.2, 0.25) is 0 Å². The molecule has 0 aliphatic carbocycles. The third-order valence-electron chi connectivity index (χ3n) is 3.78. The Bertz CT molecular complexity index is 584. The van der Waals surface area contributed by atoms with Crippen LogP contribution in [0.1, 0.15) is 39.4 Å². The molecule has 0 spiro atoms. The molecule has 2 N–H and O–H groups in total. The summed E-state index contributed by atoms with van der Waals surface area (Å²) < 4.78 is 0. The molecule has 0 aliphatic rings. The van der Waals surface area contributed by atoms with Crippen LogP contribution in [0.5, 0.6) is 0 Å². The van der Waals surface area contributed by atoms with Gasteiger partial charge >= 0.3 is 0 Å². The van der Waals surface area contributed by atoms with Crippen molar-refractivity contribution in [2.75, 3.05) is 0 Å². The lowest BCUT2D eigenvalue weighted by Gasteiger charge is -2.17. The predicted octanol–water partition coefficient (Wildman–Crippen LogP) is 4.16. The van der Waals surface area contributed by atoms with Crippen molar-refractivity contribution in [1.29, 1.82) is 0 Å². The van der Waals surface area contributed by atoms with Gasteiger partial charge in [0.05, 0.1) is 0 Å². The molecule has 0 bridgehead atoms. The van der Waals surface area contributed by atoms with Gasteiger partial charge in [-0.05, 0) is 56.4 Å². The molecular formula is C18H23N. The van der Waals surface area contributed by atoms with E-state index in [-0.39, 0.29) is 6.04 Å². The van der Waals surface area contributed by atoms with Crippen LogP contribution in [0.15, 0.2) is 36.4 Å². The number of benzene rings is 2. The van der Waals surface area contributed by atoms with Gasteiger partial charge in [0.15, 0.2) is 0 Å². The van der Waals surface area contributed by atoms with Crippen LogP contribution in [0, 0.1) is 27.7 Å². The fraction of sp³-hybridized carbons (Fsp3) is 0.333. The van der Waals surface area contributed by atoms with Gasteiger partial charge in [-0.3, -0.25) is 0 Å². The van der Waals surface area contributed by atoms with E-state index in [0.29, 0.717) is 0 Å². The maximum absolute atomic E-state index is 6.42. The zero-order valence-electron chi connectivity index (χ0n) is 12.3. The summed E-state index contributed by atoms with van der Waals surface area (Å²) in [6, 6.07) is 13.2. The lowest BCUT2D eigenvalue weighted by atomic mass is 9.92. The summed E-state index contributed by atoms with van der Waals surface area (Å²) in [5.74, 6) is 0. The topological polar surface area (TPSA) is 26.0 Å².